The van der Waals surface area contributed by atoms with E-state index in [1.165, 1.54) is 0 Å². The zero-order chi connectivity index (χ0) is 6.55. The number of rotatable bonds is 0. The molecular formula is C7H4N2O. The minimum Gasteiger partial charge on any atom is -0.457 e. The normalized spacial score (nSPS) is 13.6. The van der Waals surface area contributed by atoms with Crippen molar-refractivity contribution < 1.29 is 4.42 Å². The fourth-order valence-electron chi connectivity index (χ4n) is 1.33. The molecule has 0 aliphatic carbocycles. The van der Waals surface area contributed by atoms with Crippen molar-refractivity contribution in [1.82, 2.24) is 9.97 Å². The van der Waals surface area contributed by atoms with Gasteiger partial charge >= 0.3 is 0 Å². The molecule has 3 heteroatoms. The molecule has 0 N–H and O–H groups in total. The Morgan fingerprint density at radius 1 is 1.40 bits per heavy atom. The lowest BCUT2D eigenvalue weighted by atomic mass is 10.2. The van der Waals surface area contributed by atoms with Gasteiger partial charge in [0.15, 0.2) is 5.58 Å². The zero-order valence-corrected chi connectivity index (χ0v) is 5.16. The van der Waals surface area contributed by atoms with Crippen molar-refractivity contribution in [3.8, 4) is 0 Å². The summed E-state index contributed by atoms with van der Waals surface area (Å²) in [7, 11) is 0. The SMILES string of the molecule is c1nc2c3oc(cc3n1)C2. The Hall–Kier alpha value is -1.38. The third kappa shape index (κ3) is 0.345. The molecule has 2 aromatic heterocycles. The predicted molar refractivity (Wildman–Crippen MR) is 34.6 cm³/mol. The van der Waals surface area contributed by atoms with Crippen molar-refractivity contribution in [3.05, 3.63) is 23.8 Å². The van der Waals surface area contributed by atoms with Crippen molar-refractivity contribution in [2.75, 3.05) is 0 Å². The van der Waals surface area contributed by atoms with Crippen LogP contribution in [0.15, 0.2) is 16.8 Å². The van der Waals surface area contributed by atoms with E-state index in [1.807, 2.05) is 6.07 Å². The molecule has 3 nitrogen and oxygen atoms in total. The lowest BCUT2D eigenvalue weighted by Gasteiger charge is -1.92. The zero-order valence-electron chi connectivity index (χ0n) is 5.16. The van der Waals surface area contributed by atoms with Crippen LogP contribution in [0.5, 0.6) is 0 Å². The molecule has 0 atom stereocenters. The summed E-state index contributed by atoms with van der Waals surface area (Å²) in [6.45, 7) is 0. The third-order valence-corrected chi connectivity index (χ3v) is 1.78. The van der Waals surface area contributed by atoms with Crippen molar-refractivity contribution in [1.29, 1.82) is 0 Å². The van der Waals surface area contributed by atoms with E-state index in [2.05, 4.69) is 9.97 Å². The minimum absolute atomic E-state index is 0.852. The number of aromatic nitrogens is 2. The van der Waals surface area contributed by atoms with Crippen molar-refractivity contribution >= 4 is 11.1 Å². The van der Waals surface area contributed by atoms with E-state index >= 15 is 0 Å². The maximum Gasteiger partial charge on any atom is 0.174 e. The van der Waals surface area contributed by atoms with Crippen LogP contribution in [-0.2, 0) is 6.42 Å². The van der Waals surface area contributed by atoms with E-state index in [4.69, 9.17) is 4.42 Å². The molecule has 3 rings (SSSR count). The maximum atomic E-state index is 5.34. The summed E-state index contributed by atoms with van der Waals surface area (Å²) >= 11 is 0. The van der Waals surface area contributed by atoms with Gasteiger partial charge < -0.3 is 4.42 Å². The highest BCUT2D eigenvalue weighted by Gasteiger charge is 2.18. The van der Waals surface area contributed by atoms with E-state index in [0.29, 0.717) is 0 Å². The smallest absolute Gasteiger partial charge is 0.174 e. The summed E-state index contributed by atoms with van der Waals surface area (Å²) < 4.78 is 5.34. The van der Waals surface area contributed by atoms with Crippen LogP contribution in [0.4, 0.5) is 0 Å². The first kappa shape index (κ1) is 4.44. The van der Waals surface area contributed by atoms with Gasteiger partial charge in [-0.15, -0.1) is 0 Å². The molecule has 2 aromatic rings. The standard InChI is InChI=1S/C7H4N2O/c1-4-2-6-7(10-4)5(1)8-3-9-6/h1,3H,2H2. The van der Waals surface area contributed by atoms with Gasteiger partial charge in [0, 0.05) is 6.07 Å². The van der Waals surface area contributed by atoms with Crippen LogP contribution in [0.3, 0.4) is 0 Å². The Labute approximate surface area is 56.7 Å². The van der Waals surface area contributed by atoms with Crippen LogP contribution >= 0.6 is 0 Å². The van der Waals surface area contributed by atoms with Gasteiger partial charge in [-0.25, -0.2) is 9.97 Å². The molecule has 1 aliphatic rings. The van der Waals surface area contributed by atoms with Crippen LogP contribution in [-0.4, -0.2) is 9.97 Å². The lowest BCUT2D eigenvalue weighted by molar-refractivity contribution is 0.590. The van der Waals surface area contributed by atoms with Crippen LogP contribution < -0.4 is 0 Å². The number of nitrogens with zero attached hydrogens (tertiary/aromatic N) is 2. The Bertz CT molecular complexity index is 401. The van der Waals surface area contributed by atoms with Gasteiger partial charge in [0.2, 0.25) is 0 Å². The molecule has 0 saturated heterocycles. The Morgan fingerprint density at radius 2 is 2.40 bits per heavy atom. The van der Waals surface area contributed by atoms with Gasteiger partial charge in [0.05, 0.1) is 12.1 Å². The van der Waals surface area contributed by atoms with Crippen molar-refractivity contribution in [2.24, 2.45) is 0 Å². The molecular weight excluding hydrogens is 128 g/mol. The number of hydrogen-bond acceptors (Lipinski definition) is 3. The van der Waals surface area contributed by atoms with E-state index in [9.17, 15) is 0 Å². The lowest BCUT2D eigenvalue weighted by Crippen LogP contribution is -1.90. The molecule has 0 amide bonds. The fourth-order valence-corrected chi connectivity index (χ4v) is 1.33. The Kier molecular flexibility index (Phi) is 0.537. The number of hydrogen-bond donors (Lipinski definition) is 0. The monoisotopic (exact) mass is 132 g/mol. The Balaban J connectivity index is 2.69. The second-order valence-electron chi connectivity index (χ2n) is 2.42. The summed E-state index contributed by atoms with van der Waals surface area (Å²) in [5, 5.41) is 0. The van der Waals surface area contributed by atoms with Crippen molar-refractivity contribution in [2.45, 2.75) is 6.42 Å². The third-order valence-electron chi connectivity index (χ3n) is 1.78. The molecule has 0 aromatic carbocycles. The number of fused-ring (bicyclic) bond motifs is 1. The molecule has 0 unspecified atom stereocenters. The van der Waals surface area contributed by atoms with Gasteiger partial charge in [-0.2, -0.15) is 0 Å². The minimum atomic E-state index is 0.852. The van der Waals surface area contributed by atoms with E-state index in [0.717, 1.165) is 29.0 Å². The first-order valence-corrected chi connectivity index (χ1v) is 3.16. The molecule has 0 radical (unpaired) electrons. The first-order chi connectivity index (χ1) is 4.93. The summed E-state index contributed by atoms with van der Waals surface area (Å²) in [6, 6.07) is 1.96. The van der Waals surface area contributed by atoms with E-state index < -0.39 is 0 Å². The quantitative estimate of drug-likeness (QED) is 0.460. The summed E-state index contributed by atoms with van der Waals surface area (Å²) in [5.41, 5.74) is 2.84. The maximum absolute atomic E-state index is 5.34. The molecule has 2 bridgehead atoms. The van der Waals surface area contributed by atoms with Gasteiger partial charge in [0.1, 0.15) is 17.6 Å². The number of furan rings is 1. The Morgan fingerprint density at radius 3 is 3.10 bits per heavy atom. The second-order valence-corrected chi connectivity index (χ2v) is 2.42. The van der Waals surface area contributed by atoms with Gasteiger partial charge in [0.25, 0.3) is 0 Å². The molecule has 10 heavy (non-hydrogen) atoms. The summed E-state index contributed by atoms with van der Waals surface area (Å²) in [4.78, 5) is 8.11. The van der Waals surface area contributed by atoms with E-state index in [-0.39, 0.29) is 0 Å². The van der Waals surface area contributed by atoms with Gasteiger partial charge in [-0.05, 0) is 0 Å². The van der Waals surface area contributed by atoms with Gasteiger partial charge in [-0.1, -0.05) is 0 Å². The van der Waals surface area contributed by atoms with E-state index in [1.54, 1.807) is 6.33 Å². The fraction of sp³-hybridized carbons (Fsp3) is 0.143. The highest BCUT2D eigenvalue weighted by atomic mass is 16.3. The average Bonchev–Trinajstić information content (AvgIpc) is 2.40. The molecule has 1 aliphatic heterocycles. The van der Waals surface area contributed by atoms with Crippen molar-refractivity contribution in [3.63, 3.8) is 0 Å². The largest absolute Gasteiger partial charge is 0.457 e. The topological polar surface area (TPSA) is 38.9 Å². The second kappa shape index (κ2) is 1.21. The average molecular weight is 132 g/mol. The molecule has 0 spiro atoms. The molecule has 48 valence electrons. The van der Waals surface area contributed by atoms with Gasteiger partial charge in [-0.3, -0.25) is 0 Å². The van der Waals surface area contributed by atoms with Crippen LogP contribution in [0.2, 0.25) is 0 Å². The molecule has 3 heterocycles. The predicted octanol–water partition coefficient (Wildman–Crippen LogP) is 1.13. The highest BCUT2D eigenvalue weighted by Crippen LogP contribution is 2.28. The van der Waals surface area contributed by atoms with Crippen LogP contribution in [0.25, 0.3) is 11.1 Å². The molecule has 0 saturated carbocycles. The van der Waals surface area contributed by atoms with Crippen LogP contribution in [0, 0.1) is 0 Å². The molecule has 0 fully saturated rings. The summed E-state index contributed by atoms with van der Waals surface area (Å²) in [5.74, 6) is 0.987. The van der Waals surface area contributed by atoms with Crippen LogP contribution in [0.1, 0.15) is 11.5 Å². The summed E-state index contributed by atoms with van der Waals surface area (Å²) in [6.07, 6.45) is 2.43. The first-order valence-electron chi connectivity index (χ1n) is 3.16. The highest BCUT2D eigenvalue weighted by molar-refractivity contribution is 5.78.